The second-order valence-electron chi connectivity index (χ2n) is 4.94. The highest BCUT2D eigenvalue weighted by Gasteiger charge is 2.23. The molecule has 5 heteroatoms. The first-order valence-electron chi connectivity index (χ1n) is 6.68. The summed E-state index contributed by atoms with van der Waals surface area (Å²) < 4.78 is 0. The second-order valence-corrected chi connectivity index (χ2v) is 6.00. The summed E-state index contributed by atoms with van der Waals surface area (Å²) in [6, 6.07) is 0.588. The van der Waals surface area contributed by atoms with Gasteiger partial charge in [-0.05, 0) is 26.3 Å². The molecule has 0 aliphatic carbocycles. The normalized spacial score (nSPS) is 18.2. The minimum absolute atomic E-state index is 0.103. The van der Waals surface area contributed by atoms with E-state index in [1.807, 2.05) is 6.92 Å². The van der Waals surface area contributed by atoms with Crippen LogP contribution in [0.25, 0.3) is 0 Å². The van der Waals surface area contributed by atoms with E-state index in [9.17, 15) is 5.11 Å². The molecule has 1 fully saturated rings. The first kappa shape index (κ1) is 13.8. The van der Waals surface area contributed by atoms with Gasteiger partial charge in [0.25, 0.3) is 0 Å². The predicted molar refractivity (Wildman–Crippen MR) is 76.3 cm³/mol. The summed E-state index contributed by atoms with van der Waals surface area (Å²) in [4.78, 5) is 10.3. The Morgan fingerprint density at radius 3 is 2.61 bits per heavy atom. The van der Waals surface area contributed by atoms with E-state index in [0.29, 0.717) is 6.04 Å². The third kappa shape index (κ3) is 2.84. The van der Waals surface area contributed by atoms with Gasteiger partial charge in [0.2, 0.25) is 0 Å². The molecule has 1 aromatic heterocycles. The quantitative estimate of drug-likeness (QED) is 0.906. The number of thiazole rings is 1. The van der Waals surface area contributed by atoms with Gasteiger partial charge in [0.05, 0.1) is 17.2 Å². The lowest BCUT2D eigenvalue weighted by molar-refractivity contribution is 0.221. The van der Waals surface area contributed by atoms with Crippen LogP contribution in [0.3, 0.4) is 0 Å². The first-order valence-corrected chi connectivity index (χ1v) is 7.49. The maximum absolute atomic E-state index is 9.24. The van der Waals surface area contributed by atoms with E-state index in [0.717, 1.165) is 22.2 Å². The number of aliphatic hydroxyl groups excluding tert-OH is 1. The molecule has 1 aliphatic rings. The van der Waals surface area contributed by atoms with Crippen molar-refractivity contribution in [2.24, 2.45) is 0 Å². The zero-order chi connectivity index (χ0) is 13.1. The van der Waals surface area contributed by atoms with Crippen molar-refractivity contribution in [3.05, 3.63) is 10.6 Å². The zero-order valence-corrected chi connectivity index (χ0v) is 12.3. The minimum atomic E-state index is 0.103. The Balaban J connectivity index is 2.00. The summed E-state index contributed by atoms with van der Waals surface area (Å²) in [5, 5.41) is 10.3. The standard InChI is InChI=1S/C13H23N3OS/c1-4-16-7-5-11(6-8-16)15(3)13-14-10(2)12(9-17)18-13/h11,17H,4-9H2,1-3H3. The average Bonchev–Trinajstić information content (AvgIpc) is 2.79. The lowest BCUT2D eigenvalue weighted by Crippen LogP contribution is -2.43. The molecular formula is C13H23N3OS. The SMILES string of the molecule is CCN1CCC(N(C)c2nc(C)c(CO)s2)CC1. The topological polar surface area (TPSA) is 39.6 Å². The van der Waals surface area contributed by atoms with Crippen LogP contribution in [-0.2, 0) is 6.61 Å². The van der Waals surface area contributed by atoms with Crippen molar-refractivity contribution in [2.75, 3.05) is 31.6 Å². The molecule has 0 saturated carbocycles. The van der Waals surface area contributed by atoms with E-state index in [1.165, 1.54) is 25.9 Å². The molecule has 0 amide bonds. The maximum Gasteiger partial charge on any atom is 0.185 e. The zero-order valence-electron chi connectivity index (χ0n) is 11.5. The number of nitrogens with zero attached hydrogens (tertiary/aromatic N) is 3. The number of aromatic nitrogens is 1. The predicted octanol–water partition coefficient (Wildman–Crippen LogP) is 1.86. The maximum atomic E-state index is 9.24. The number of aryl methyl sites for hydroxylation is 1. The van der Waals surface area contributed by atoms with Crippen LogP contribution >= 0.6 is 11.3 Å². The van der Waals surface area contributed by atoms with Gasteiger partial charge in [-0.2, -0.15) is 0 Å². The van der Waals surface area contributed by atoms with Crippen LogP contribution in [-0.4, -0.2) is 47.7 Å². The smallest absolute Gasteiger partial charge is 0.185 e. The molecule has 1 aromatic rings. The third-order valence-electron chi connectivity index (χ3n) is 3.88. The molecule has 0 aromatic carbocycles. The van der Waals surface area contributed by atoms with Crippen LogP contribution in [0.5, 0.6) is 0 Å². The molecule has 0 unspecified atom stereocenters. The Kier molecular flexibility index (Phi) is 4.59. The van der Waals surface area contributed by atoms with E-state index in [4.69, 9.17) is 0 Å². The molecule has 1 aliphatic heterocycles. The number of hydrogen-bond acceptors (Lipinski definition) is 5. The second kappa shape index (κ2) is 5.99. The van der Waals surface area contributed by atoms with Crippen molar-refractivity contribution >= 4 is 16.5 Å². The fourth-order valence-corrected chi connectivity index (χ4v) is 3.44. The van der Waals surface area contributed by atoms with E-state index < -0.39 is 0 Å². The number of hydrogen-bond donors (Lipinski definition) is 1. The Bertz CT molecular complexity index is 386. The van der Waals surface area contributed by atoms with E-state index in [-0.39, 0.29) is 6.61 Å². The van der Waals surface area contributed by atoms with Crippen molar-refractivity contribution in [1.29, 1.82) is 0 Å². The largest absolute Gasteiger partial charge is 0.391 e. The van der Waals surface area contributed by atoms with Crippen LogP contribution < -0.4 is 4.90 Å². The lowest BCUT2D eigenvalue weighted by atomic mass is 10.0. The van der Waals surface area contributed by atoms with Crippen molar-refractivity contribution < 1.29 is 5.11 Å². The molecule has 0 bridgehead atoms. The summed E-state index contributed by atoms with van der Waals surface area (Å²) >= 11 is 1.62. The third-order valence-corrected chi connectivity index (χ3v) is 5.11. The molecular weight excluding hydrogens is 246 g/mol. The number of anilines is 1. The molecule has 1 N–H and O–H groups in total. The Morgan fingerprint density at radius 2 is 2.11 bits per heavy atom. The highest BCUT2D eigenvalue weighted by molar-refractivity contribution is 7.15. The van der Waals surface area contributed by atoms with Crippen LogP contribution in [0.15, 0.2) is 0 Å². The minimum Gasteiger partial charge on any atom is -0.391 e. The summed E-state index contributed by atoms with van der Waals surface area (Å²) in [7, 11) is 2.13. The number of likely N-dealkylation sites (tertiary alicyclic amines) is 1. The summed E-state index contributed by atoms with van der Waals surface area (Å²) in [6.45, 7) is 7.82. The van der Waals surface area contributed by atoms with E-state index >= 15 is 0 Å². The molecule has 0 radical (unpaired) electrons. The van der Waals surface area contributed by atoms with Gasteiger partial charge in [-0.1, -0.05) is 18.3 Å². The molecule has 1 saturated heterocycles. The number of aliphatic hydroxyl groups is 1. The lowest BCUT2D eigenvalue weighted by Gasteiger charge is -2.36. The van der Waals surface area contributed by atoms with Gasteiger partial charge in [-0.15, -0.1) is 0 Å². The summed E-state index contributed by atoms with van der Waals surface area (Å²) in [5.41, 5.74) is 0.968. The Hall–Kier alpha value is -0.650. The van der Waals surface area contributed by atoms with Crippen molar-refractivity contribution in [1.82, 2.24) is 9.88 Å². The van der Waals surface area contributed by atoms with Crippen molar-refractivity contribution in [3.63, 3.8) is 0 Å². The highest BCUT2D eigenvalue weighted by atomic mass is 32.1. The highest BCUT2D eigenvalue weighted by Crippen LogP contribution is 2.28. The van der Waals surface area contributed by atoms with E-state index in [1.54, 1.807) is 11.3 Å². The van der Waals surface area contributed by atoms with Gasteiger partial charge in [0.1, 0.15) is 0 Å². The van der Waals surface area contributed by atoms with Crippen LogP contribution in [0, 0.1) is 6.92 Å². The van der Waals surface area contributed by atoms with E-state index in [2.05, 4.69) is 28.8 Å². The molecule has 102 valence electrons. The van der Waals surface area contributed by atoms with Crippen LogP contribution in [0.2, 0.25) is 0 Å². The summed E-state index contributed by atoms with van der Waals surface area (Å²) in [6.07, 6.45) is 2.41. The van der Waals surface area contributed by atoms with Gasteiger partial charge in [0.15, 0.2) is 5.13 Å². The molecule has 0 atom stereocenters. The monoisotopic (exact) mass is 269 g/mol. The molecule has 2 heterocycles. The Morgan fingerprint density at radius 1 is 1.44 bits per heavy atom. The summed E-state index contributed by atoms with van der Waals surface area (Å²) in [5.74, 6) is 0. The van der Waals surface area contributed by atoms with Gasteiger partial charge in [-0.3, -0.25) is 0 Å². The Labute approximate surface area is 113 Å². The molecule has 4 nitrogen and oxygen atoms in total. The van der Waals surface area contributed by atoms with Crippen LogP contribution in [0.1, 0.15) is 30.3 Å². The number of piperidine rings is 1. The molecule has 0 spiro atoms. The van der Waals surface area contributed by atoms with Crippen LogP contribution in [0.4, 0.5) is 5.13 Å². The van der Waals surface area contributed by atoms with Gasteiger partial charge < -0.3 is 14.9 Å². The van der Waals surface area contributed by atoms with Crippen molar-refractivity contribution in [3.8, 4) is 0 Å². The van der Waals surface area contributed by atoms with Gasteiger partial charge in [-0.25, -0.2) is 4.98 Å². The first-order chi connectivity index (χ1) is 8.65. The number of rotatable bonds is 4. The average molecular weight is 269 g/mol. The van der Waals surface area contributed by atoms with Gasteiger partial charge >= 0.3 is 0 Å². The van der Waals surface area contributed by atoms with Gasteiger partial charge in [0, 0.05) is 26.2 Å². The molecule has 18 heavy (non-hydrogen) atoms. The fraction of sp³-hybridized carbons (Fsp3) is 0.769. The molecule has 2 rings (SSSR count). The fourth-order valence-electron chi connectivity index (χ4n) is 2.49. The van der Waals surface area contributed by atoms with Crippen molar-refractivity contribution in [2.45, 2.75) is 39.3 Å².